The zero-order chi connectivity index (χ0) is 18.4. The van der Waals surface area contributed by atoms with Gasteiger partial charge in [-0.1, -0.05) is 12.1 Å². The number of pyridine rings is 1. The number of aromatic nitrogens is 1. The molecule has 1 heterocycles. The summed E-state index contributed by atoms with van der Waals surface area (Å²) in [6.07, 6.45) is 3.33. The summed E-state index contributed by atoms with van der Waals surface area (Å²) in [6.45, 7) is 5.95. The van der Waals surface area contributed by atoms with E-state index in [1.54, 1.807) is 36.4 Å². The second-order valence-corrected chi connectivity index (χ2v) is 7.70. The molecule has 1 aromatic heterocycles. The van der Waals surface area contributed by atoms with E-state index in [2.05, 4.69) is 9.71 Å². The predicted octanol–water partition coefficient (Wildman–Crippen LogP) is 2.03. The lowest BCUT2D eigenvalue weighted by Gasteiger charge is -2.21. The Morgan fingerprint density at radius 3 is 2.48 bits per heavy atom. The quantitative estimate of drug-likeness (QED) is 0.818. The highest BCUT2D eigenvalue weighted by molar-refractivity contribution is 7.89. The van der Waals surface area contributed by atoms with E-state index in [0.29, 0.717) is 18.7 Å². The first-order chi connectivity index (χ1) is 11.8. The fraction of sp³-hybridized carbons (Fsp3) is 0.333. The normalized spacial score (nSPS) is 11.3. The highest BCUT2D eigenvalue weighted by atomic mass is 32.2. The fourth-order valence-corrected chi connectivity index (χ4v) is 3.79. The molecule has 1 N–H and O–H groups in total. The van der Waals surface area contributed by atoms with Gasteiger partial charge in [-0.25, -0.2) is 13.1 Å². The lowest BCUT2D eigenvalue weighted by molar-refractivity contribution is -0.129. The maximum atomic E-state index is 12.5. The number of hydrogen-bond acceptors (Lipinski definition) is 4. The number of nitrogens with one attached hydrogen (secondary N) is 1. The second kappa shape index (κ2) is 8.22. The van der Waals surface area contributed by atoms with Gasteiger partial charge in [-0.2, -0.15) is 0 Å². The van der Waals surface area contributed by atoms with E-state index in [1.165, 1.54) is 6.92 Å². The van der Waals surface area contributed by atoms with Crippen LogP contribution in [0.3, 0.4) is 0 Å². The Labute approximate surface area is 148 Å². The number of carbonyl (C=O) groups excluding carboxylic acids is 1. The van der Waals surface area contributed by atoms with Crippen LogP contribution in [0.5, 0.6) is 0 Å². The van der Waals surface area contributed by atoms with Crippen molar-refractivity contribution in [1.29, 1.82) is 0 Å². The molecule has 2 rings (SSSR count). The van der Waals surface area contributed by atoms with Crippen molar-refractivity contribution >= 4 is 15.9 Å². The van der Waals surface area contributed by atoms with Gasteiger partial charge in [0.05, 0.1) is 4.90 Å². The summed E-state index contributed by atoms with van der Waals surface area (Å²) in [5.74, 6) is -0.109. The molecule has 0 aliphatic heterocycles. The van der Waals surface area contributed by atoms with Gasteiger partial charge in [0.1, 0.15) is 0 Å². The second-order valence-electron chi connectivity index (χ2n) is 5.96. The minimum atomic E-state index is -3.61. The van der Waals surface area contributed by atoms with Crippen LogP contribution in [-0.2, 0) is 21.4 Å². The van der Waals surface area contributed by atoms with E-state index in [1.807, 2.05) is 25.1 Å². The predicted molar refractivity (Wildman–Crippen MR) is 96.4 cm³/mol. The Morgan fingerprint density at radius 2 is 1.84 bits per heavy atom. The molecule has 0 aliphatic rings. The first-order valence-corrected chi connectivity index (χ1v) is 9.49. The molecule has 7 heteroatoms. The molecular weight excluding hydrogens is 338 g/mol. The molecule has 25 heavy (non-hydrogen) atoms. The van der Waals surface area contributed by atoms with E-state index in [4.69, 9.17) is 0 Å². The van der Waals surface area contributed by atoms with Crippen molar-refractivity contribution in [3.63, 3.8) is 0 Å². The van der Waals surface area contributed by atoms with Gasteiger partial charge in [0.25, 0.3) is 0 Å². The van der Waals surface area contributed by atoms with Crippen molar-refractivity contribution in [3.05, 3.63) is 59.4 Å². The third-order valence-corrected chi connectivity index (χ3v) is 5.48. The molecule has 2 aromatic rings. The van der Waals surface area contributed by atoms with Crippen LogP contribution in [0.25, 0.3) is 0 Å². The van der Waals surface area contributed by atoms with E-state index in [9.17, 15) is 13.2 Å². The molecule has 0 unspecified atom stereocenters. The number of nitrogens with zero attached hydrogens (tertiary/aromatic N) is 2. The number of hydrogen-bond donors (Lipinski definition) is 1. The van der Waals surface area contributed by atoms with Gasteiger partial charge in [-0.05, 0) is 48.7 Å². The molecule has 134 valence electrons. The number of rotatable bonds is 7. The first kappa shape index (κ1) is 19.1. The Bertz CT molecular complexity index is 836. The van der Waals surface area contributed by atoms with E-state index in [0.717, 1.165) is 11.1 Å². The maximum Gasteiger partial charge on any atom is 0.240 e. The SMILES string of the molecule is CC(=O)N(CCNS(=O)(=O)c1cc(C)ccc1C)Cc1ccncc1. The van der Waals surface area contributed by atoms with Crippen molar-refractivity contribution in [1.82, 2.24) is 14.6 Å². The summed E-state index contributed by atoms with van der Waals surface area (Å²) in [6, 6.07) is 8.97. The van der Waals surface area contributed by atoms with Crippen molar-refractivity contribution < 1.29 is 13.2 Å². The van der Waals surface area contributed by atoms with Gasteiger partial charge >= 0.3 is 0 Å². The topological polar surface area (TPSA) is 79.4 Å². The van der Waals surface area contributed by atoms with Crippen LogP contribution in [0.1, 0.15) is 23.6 Å². The maximum absolute atomic E-state index is 12.5. The largest absolute Gasteiger partial charge is 0.337 e. The Hall–Kier alpha value is -2.25. The molecule has 0 fully saturated rings. The van der Waals surface area contributed by atoms with Crippen LogP contribution in [0.15, 0.2) is 47.6 Å². The Kier molecular flexibility index (Phi) is 6.27. The molecule has 1 amide bonds. The Morgan fingerprint density at radius 1 is 1.16 bits per heavy atom. The Balaban J connectivity index is 2.01. The molecule has 0 aliphatic carbocycles. The lowest BCUT2D eigenvalue weighted by atomic mass is 10.2. The molecule has 0 bridgehead atoms. The van der Waals surface area contributed by atoms with Crippen molar-refractivity contribution in [2.45, 2.75) is 32.2 Å². The molecule has 0 spiro atoms. The summed E-state index contributed by atoms with van der Waals surface area (Å²) < 4.78 is 27.6. The van der Waals surface area contributed by atoms with Gasteiger partial charge in [0.2, 0.25) is 15.9 Å². The van der Waals surface area contributed by atoms with Crippen LogP contribution in [0.2, 0.25) is 0 Å². The minimum Gasteiger partial charge on any atom is -0.337 e. The summed E-state index contributed by atoms with van der Waals surface area (Å²) in [4.78, 5) is 17.6. The fourth-order valence-electron chi connectivity index (χ4n) is 2.45. The highest BCUT2D eigenvalue weighted by Crippen LogP contribution is 2.16. The minimum absolute atomic E-state index is 0.109. The zero-order valence-electron chi connectivity index (χ0n) is 14.7. The molecule has 1 aromatic carbocycles. The van der Waals surface area contributed by atoms with Crippen LogP contribution in [0.4, 0.5) is 0 Å². The smallest absolute Gasteiger partial charge is 0.240 e. The lowest BCUT2D eigenvalue weighted by Crippen LogP contribution is -2.37. The molecule has 0 saturated carbocycles. The van der Waals surface area contributed by atoms with Gasteiger partial charge in [-0.3, -0.25) is 9.78 Å². The zero-order valence-corrected chi connectivity index (χ0v) is 15.5. The highest BCUT2D eigenvalue weighted by Gasteiger charge is 2.17. The van der Waals surface area contributed by atoms with Crippen LogP contribution in [-0.4, -0.2) is 37.3 Å². The number of aryl methyl sites for hydroxylation is 2. The van der Waals surface area contributed by atoms with Crippen molar-refractivity contribution in [2.75, 3.05) is 13.1 Å². The summed E-state index contributed by atoms with van der Waals surface area (Å²) in [5, 5.41) is 0. The molecule has 6 nitrogen and oxygen atoms in total. The van der Waals surface area contributed by atoms with Gasteiger partial charge < -0.3 is 4.90 Å². The van der Waals surface area contributed by atoms with E-state index < -0.39 is 10.0 Å². The number of benzene rings is 1. The van der Waals surface area contributed by atoms with Crippen LogP contribution >= 0.6 is 0 Å². The van der Waals surface area contributed by atoms with Crippen molar-refractivity contribution in [3.8, 4) is 0 Å². The van der Waals surface area contributed by atoms with Gasteiger partial charge in [0, 0.05) is 39.0 Å². The van der Waals surface area contributed by atoms with E-state index >= 15 is 0 Å². The van der Waals surface area contributed by atoms with E-state index in [-0.39, 0.29) is 17.3 Å². The molecule has 0 saturated heterocycles. The number of amides is 1. The van der Waals surface area contributed by atoms with Gasteiger partial charge in [0.15, 0.2) is 0 Å². The van der Waals surface area contributed by atoms with Crippen LogP contribution < -0.4 is 4.72 Å². The monoisotopic (exact) mass is 361 g/mol. The average molecular weight is 361 g/mol. The molecule has 0 atom stereocenters. The average Bonchev–Trinajstić information content (AvgIpc) is 2.56. The standard InChI is InChI=1S/C18H23N3O3S/c1-14-4-5-15(2)18(12-14)25(23,24)20-10-11-21(16(3)22)13-17-6-8-19-9-7-17/h4-9,12,20H,10-11,13H2,1-3H3. The van der Waals surface area contributed by atoms with Gasteiger partial charge in [-0.15, -0.1) is 0 Å². The number of carbonyl (C=O) groups is 1. The summed E-state index contributed by atoms with van der Waals surface area (Å²) >= 11 is 0. The number of sulfonamides is 1. The third-order valence-electron chi connectivity index (χ3n) is 3.88. The molecular formula is C18H23N3O3S. The van der Waals surface area contributed by atoms with Crippen molar-refractivity contribution in [2.24, 2.45) is 0 Å². The molecule has 0 radical (unpaired) electrons. The summed E-state index contributed by atoms with van der Waals surface area (Å²) in [5.41, 5.74) is 2.52. The third kappa shape index (κ3) is 5.37. The first-order valence-electron chi connectivity index (χ1n) is 8.01. The summed E-state index contributed by atoms with van der Waals surface area (Å²) in [7, 11) is -3.61. The van der Waals surface area contributed by atoms with Crippen LogP contribution in [0, 0.1) is 13.8 Å².